The molecule has 0 radical (unpaired) electrons. The molecule has 28 heavy (non-hydrogen) atoms. The fourth-order valence-corrected chi connectivity index (χ4v) is 3.93. The van der Waals surface area contributed by atoms with E-state index in [0.29, 0.717) is 29.5 Å². The van der Waals surface area contributed by atoms with E-state index in [2.05, 4.69) is 11.8 Å². The number of fused-ring (bicyclic) bond motifs is 1. The number of piperidine rings is 1. The summed E-state index contributed by atoms with van der Waals surface area (Å²) in [7, 11) is 1.61. The summed E-state index contributed by atoms with van der Waals surface area (Å²) in [4.78, 5) is 15.2. The topological polar surface area (TPSA) is 59.0 Å². The third kappa shape index (κ3) is 3.50. The van der Waals surface area contributed by atoms with Crippen LogP contribution in [-0.4, -0.2) is 35.5 Å². The van der Waals surface area contributed by atoms with Crippen molar-refractivity contribution >= 4 is 11.9 Å². The number of rotatable bonds is 4. The number of phenolic OH excluding ortho intramolecular Hbond substituents is 1. The van der Waals surface area contributed by atoms with E-state index >= 15 is 0 Å². The summed E-state index contributed by atoms with van der Waals surface area (Å²) in [5.74, 6) is 1.48. The Bertz CT molecular complexity index is 934. The van der Waals surface area contributed by atoms with Crippen molar-refractivity contribution in [2.75, 3.05) is 13.7 Å². The van der Waals surface area contributed by atoms with Crippen LogP contribution in [0, 0.1) is 0 Å². The van der Waals surface area contributed by atoms with Gasteiger partial charge in [-0.3, -0.25) is 9.69 Å². The second kappa shape index (κ2) is 7.68. The smallest absolute Gasteiger partial charge is 0.231 e. The van der Waals surface area contributed by atoms with E-state index in [1.165, 1.54) is 6.42 Å². The minimum atomic E-state index is -0.161. The van der Waals surface area contributed by atoms with Gasteiger partial charge >= 0.3 is 0 Å². The van der Waals surface area contributed by atoms with Crippen LogP contribution in [-0.2, 0) is 6.54 Å². The van der Waals surface area contributed by atoms with Gasteiger partial charge in [0.05, 0.1) is 18.2 Å². The van der Waals surface area contributed by atoms with Crippen molar-refractivity contribution in [2.24, 2.45) is 0 Å². The number of Topliss-reactive ketones (excluding diaryl/α,β-unsaturated/α-hetero) is 1. The van der Waals surface area contributed by atoms with E-state index in [0.717, 1.165) is 30.7 Å². The van der Waals surface area contributed by atoms with Gasteiger partial charge in [-0.05, 0) is 62.2 Å². The Hall–Kier alpha value is -2.79. The Morgan fingerprint density at radius 2 is 2.14 bits per heavy atom. The average molecular weight is 379 g/mol. The van der Waals surface area contributed by atoms with E-state index in [9.17, 15) is 9.90 Å². The summed E-state index contributed by atoms with van der Waals surface area (Å²) in [5.41, 5.74) is 2.02. The maximum absolute atomic E-state index is 12.9. The van der Waals surface area contributed by atoms with Gasteiger partial charge in [0.1, 0.15) is 17.2 Å². The van der Waals surface area contributed by atoms with Crippen molar-refractivity contribution < 1.29 is 19.4 Å². The lowest BCUT2D eigenvalue weighted by atomic mass is 10.0. The molecule has 0 spiro atoms. The van der Waals surface area contributed by atoms with Gasteiger partial charge < -0.3 is 14.6 Å². The monoisotopic (exact) mass is 379 g/mol. The van der Waals surface area contributed by atoms with Gasteiger partial charge in [-0.1, -0.05) is 18.6 Å². The highest BCUT2D eigenvalue weighted by atomic mass is 16.5. The van der Waals surface area contributed by atoms with Crippen molar-refractivity contribution in [3.05, 3.63) is 58.8 Å². The lowest BCUT2D eigenvalue weighted by molar-refractivity contribution is 0.101. The molecule has 0 aromatic heterocycles. The summed E-state index contributed by atoms with van der Waals surface area (Å²) in [6, 6.07) is 11.1. The second-order valence-corrected chi connectivity index (χ2v) is 7.47. The second-order valence-electron chi connectivity index (χ2n) is 7.47. The zero-order chi connectivity index (χ0) is 19.7. The average Bonchev–Trinajstić information content (AvgIpc) is 3.01. The SMILES string of the molecule is COc1cccc(/C=C2\Oc3c(ccc(O)c3CN3CCCC[C@@H]3C)C2=O)c1. The molecule has 2 aromatic carbocycles. The molecule has 0 saturated carbocycles. The van der Waals surface area contributed by atoms with E-state index in [-0.39, 0.29) is 17.3 Å². The molecule has 5 nitrogen and oxygen atoms in total. The quantitative estimate of drug-likeness (QED) is 0.799. The van der Waals surface area contributed by atoms with E-state index in [4.69, 9.17) is 9.47 Å². The molecule has 4 rings (SSSR count). The van der Waals surface area contributed by atoms with Gasteiger partial charge in [-0.25, -0.2) is 0 Å². The van der Waals surface area contributed by atoms with Crippen LogP contribution in [0.4, 0.5) is 0 Å². The third-order valence-corrected chi connectivity index (χ3v) is 5.61. The molecule has 2 aliphatic heterocycles. The molecule has 0 amide bonds. The number of hydrogen-bond acceptors (Lipinski definition) is 5. The number of phenols is 1. The molecule has 1 N–H and O–H groups in total. The summed E-state index contributed by atoms with van der Waals surface area (Å²) < 4.78 is 11.2. The van der Waals surface area contributed by atoms with Crippen LogP contribution in [0.1, 0.15) is 47.7 Å². The van der Waals surface area contributed by atoms with Crippen molar-refractivity contribution in [1.29, 1.82) is 0 Å². The van der Waals surface area contributed by atoms with Gasteiger partial charge in [0.25, 0.3) is 0 Å². The molecule has 0 aliphatic carbocycles. The minimum absolute atomic E-state index is 0.161. The zero-order valence-electron chi connectivity index (χ0n) is 16.3. The van der Waals surface area contributed by atoms with Crippen molar-refractivity contribution in [3.63, 3.8) is 0 Å². The number of allylic oxidation sites excluding steroid dienone is 1. The number of methoxy groups -OCH3 is 1. The number of ketones is 1. The fourth-order valence-electron chi connectivity index (χ4n) is 3.93. The van der Waals surface area contributed by atoms with Crippen LogP contribution in [0.5, 0.6) is 17.2 Å². The van der Waals surface area contributed by atoms with Gasteiger partial charge in [0.2, 0.25) is 5.78 Å². The molecular formula is C23H25NO4. The summed E-state index contributed by atoms with van der Waals surface area (Å²) >= 11 is 0. The fraction of sp³-hybridized carbons (Fsp3) is 0.348. The van der Waals surface area contributed by atoms with E-state index in [1.807, 2.05) is 24.3 Å². The summed E-state index contributed by atoms with van der Waals surface area (Å²) in [6.07, 6.45) is 5.26. The van der Waals surface area contributed by atoms with Crippen molar-refractivity contribution in [2.45, 2.75) is 38.8 Å². The first-order valence-electron chi connectivity index (χ1n) is 9.74. The molecule has 5 heteroatoms. The van der Waals surface area contributed by atoms with Crippen LogP contribution in [0.25, 0.3) is 6.08 Å². The van der Waals surface area contributed by atoms with Crippen LogP contribution >= 0.6 is 0 Å². The van der Waals surface area contributed by atoms with Crippen LogP contribution in [0.15, 0.2) is 42.2 Å². The van der Waals surface area contributed by atoms with Gasteiger partial charge in [0, 0.05) is 12.6 Å². The Balaban J connectivity index is 1.65. The molecule has 0 bridgehead atoms. The Morgan fingerprint density at radius 3 is 2.93 bits per heavy atom. The predicted octanol–water partition coefficient (Wildman–Crippen LogP) is 4.39. The molecule has 2 heterocycles. The third-order valence-electron chi connectivity index (χ3n) is 5.61. The maximum atomic E-state index is 12.9. The lowest BCUT2D eigenvalue weighted by Crippen LogP contribution is -2.36. The number of nitrogens with zero attached hydrogens (tertiary/aromatic N) is 1. The minimum Gasteiger partial charge on any atom is -0.507 e. The molecule has 0 unspecified atom stereocenters. The number of likely N-dealkylation sites (tertiary alicyclic amines) is 1. The van der Waals surface area contributed by atoms with E-state index < -0.39 is 0 Å². The van der Waals surface area contributed by atoms with Gasteiger partial charge in [0.15, 0.2) is 5.76 Å². The molecule has 1 saturated heterocycles. The number of carbonyl (C=O) groups excluding carboxylic acids is 1. The number of hydrogen-bond donors (Lipinski definition) is 1. The maximum Gasteiger partial charge on any atom is 0.231 e. The van der Waals surface area contributed by atoms with Crippen LogP contribution in [0.2, 0.25) is 0 Å². The largest absolute Gasteiger partial charge is 0.507 e. The van der Waals surface area contributed by atoms with Gasteiger partial charge in [-0.2, -0.15) is 0 Å². The van der Waals surface area contributed by atoms with E-state index in [1.54, 1.807) is 25.3 Å². The molecule has 1 fully saturated rings. The summed E-state index contributed by atoms with van der Waals surface area (Å²) in [6.45, 7) is 3.78. The number of carbonyl (C=O) groups is 1. The molecule has 146 valence electrons. The highest BCUT2D eigenvalue weighted by Crippen LogP contribution is 2.40. The number of benzene rings is 2. The summed E-state index contributed by atoms with van der Waals surface area (Å²) in [5, 5.41) is 10.5. The highest BCUT2D eigenvalue weighted by Gasteiger charge is 2.32. The van der Waals surface area contributed by atoms with Crippen LogP contribution in [0.3, 0.4) is 0 Å². The van der Waals surface area contributed by atoms with Crippen LogP contribution < -0.4 is 9.47 Å². The molecule has 2 aromatic rings. The molecule has 2 aliphatic rings. The zero-order valence-corrected chi connectivity index (χ0v) is 16.3. The van der Waals surface area contributed by atoms with Gasteiger partial charge in [-0.15, -0.1) is 0 Å². The first kappa shape index (κ1) is 18.6. The first-order chi connectivity index (χ1) is 13.6. The Morgan fingerprint density at radius 1 is 1.29 bits per heavy atom. The lowest BCUT2D eigenvalue weighted by Gasteiger charge is -2.33. The number of ether oxygens (including phenoxy) is 2. The predicted molar refractivity (Wildman–Crippen MR) is 108 cm³/mol. The van der Waals surface area contributed by atoms with Crippen molar-refractivity contribution in [1.82, 2.24) is 4.90 Å². The highest BCUT2D eigenvalue weighted by molar-refractivity contribution is 6.15. The Labute approximate surface area is 165 Å². The van der Waals surface area contributed by atoms with Crippen molar-refractivity contribution in [3.8, 4) is 17.2 Å². The normalized spacial score (nSPS) is 20.9. The Kier molecular flexibility index (Phi) is 5.09. The molecule has 1 atom stereocenters. The number of aromatic hydroxyl groups is 1. The first-order valence-corrected chi connectivity index (χ1v) is 9.74. The standard InChI is InChI=1S/C23H25NO4/c1-15-6-3-4-11-24(15)14-19-20(25)10-9-18-22(26)21(28-23(18)19)13-16-7-5-8-17(12-16)27-2/h5,7-10,12-13,15,25H,3-4,6,11,14H2,1-2H3/b21-13-/t15-/m0/s1. The molecular weight excluding hydrogens is 354 g/mol.